The number of carbonyl (C=O) groups is 2. The summed E-state index contributed by atoms with van der Waals surface area (Å²) in [6.45, 7) is 2.68. The van der Waals surface area contributed by atoms with Crippen LogP contribution in [0.15, 0.2) is 11.4 Å². The average molecular weight is 307 g/mol. The van der Waals surface area contributed by atoms with Crippen molar-refractivity contribution in [1.82, 2.24) is 4.90 Å². The second kappa shape index (κ2) is 6.74. The molecule has 2 heterocycles. The van der Waals surface area contributed by atoms with Crippen LogP contribution in [0.3, 0.4) is 0 Å². The highest BCUT2D eigenvalue weighted by Crippen LogP contribution is 2.26. The van der Waals surface area contributed by atoms with Crippen LogP contribution >= 0.6 is 11.3 Å². The second-order valence-electron chi connectivity index (χ2n) is 4.98. The number of aliphatic hydroxyl groups is 1. The maximum absolute atomic E-state index is 12.4. The first-order valence-corrected chi connectivity index (χ1v) is 7.50. The van der Waals surface area contributed by atoms with Gasteiger partial charge in [0, 0.05) is 18.5 Å². The van der Waals surface area contributed by atoms with E-state index in [-0.39, 0.29) is 30.3 Å². The molecule has 1 amide bonds. The molecule has 0 aliphatic carbocycles. The number of nitrogens with zero attached hydrogens (tertiary/aromatic N) is 1. The summed E-state index contributed by atoms with van der Waals surface area (Å²) in [7, 11) is 1.37. The molecule has 2 atom stereocenters. The Labute approximate surface area is 127 Å². The summed E-state index contributed by atoms with van der Waals surface area (Å²) < 4.78 is 4.77. The molecule has 5 nitrogen and oxygen atoms in total. The number of thiophene rings is 1. The van der Waals surface area contributed by atoms with Crippen LogP contribution in [-0.4, -0.2) is 48.7 Å². The van der Waals surface area contributed by atoms with Crippen LogP contribution in [0.1, 0.15) is 22.2 Å². The van der Waals surface area contributed by atoms with E-state index in [0.717, 1.165) is 4.88 Å². The van der Waals surface area contributed by atoms with Crippen molar-refractivity contribution in [3.8, 4) is 11.8 Å². The Morgan fingerprint density at radius 1 is 1.52 bits per heavy atom. The molecule has 0 bridgehead atoms. The highest BCUT2D eigenvalue weighted by atomic mass is 32.1. The molecule has 2 unspecified atom stereocenters. The Bertz CT molecular complexity index is 598. The largest absolute Gasteiger partial charge is 0.469 e. The lowest BCUT2D eigenvalue weighted by atomic mass is 9.99. The number of methoxy groups -OCH3 is 1. The van der Waals surface area contributed by atoms with E-state index in [9.17, 15) is 9.59 Å². The molecular formula is C15H17NO4S. The molecule has 0 spiro atoms. The van der Waals surface area contributed by atoms with Crippen LogP contribution in [0.5, 0.6) is 0 Å². The van der Waals surface area contributed by atoms with Crippen LogP contribution in [0.4, 0.5) is 0 Å². The van der Waals surface area contributed by atoms with E-state index in [1.165, 1.54) is 18.4 Å². The molecular weight excluding hydrogens is 290 g/mol. The van der Waals surface area contributed by atoms with E-state index in [2.05, 4.69) is 11.8 Å². The standard InChI is InChI=1S/C15H17NO4S/c1-10-7-16(8-13(10)15(19)20-2)14(18)11-6-12(21-9-11)4-3-5-17/h6,9-10,13,17H,5,7-8H2,1-2H3. The number of amides is 1. The minimum atomic E-state index is -0.266. The molecule has 1 saturated heterocycles. The zero-order valence-corrected chi connectivity index (χ0v) is 12.8. The molecule has 1 aliphatic heterocycles. The molecule has 21 heavy (non-hydrogen) atoms. The lowest BCUT2D eigenvalue weighted by Crippen LogP contribution is -2.29. The number of rotatable bonds is 2. The van der Waals surface area contributed by atoms with Crippen LogP contribution in [0, 0.1) is 23.7 Å². The van der Waals surface area contributed by atoms with Gasteiger partial charge in [0.1, 0.15) is 6.61 Å². The van der Waals surface area contributed by atoms with Crippen molar-refractivity contribution < 1.29 is 19.4 Å². The van der Waals surface area contributed by atoms with Crippen LogP contribution < -0.4 is 0 Å². The number of ether oxygens (including phenoxy) is 1. The van der Waals surface area contributed by atoms with Crippen LogP contribution in [-0.2, 0) is 9.53 Å². The highest BCUT2D eigenvalue weighted by Gasteiger charge is 2.38. The molecule has 1 N–H and O–H groups in total. The number of hydrogen-bond donors (Lipinski definition) is 1. The third kappa shape index (κ3) is 3.43. The predicted molar refractivity (Wildman–Crippen MR) is 78.9 cm³/mol. The minimum Gasteiger partial charge on any atom is -0.469 e. The quantitative estimate of drug-likeness (QED) is 0.653. The summed E-state index contributed by atoms with van der Waals surface area (Å²) in [6.07, 6.45) is 0. The Morgan fingerprint density at radius 2 is 2.29 bits per heavy atom. The Kier molecular flexibility index (Phi) is 4.99. The van der Waals surface area contributed by atoms with Crippen molar-refractivity contribution >= 4 is 23.2 Å². The smallest absolute Gasteiger partial charge is 0.310 e. The zero-order chi connectivity index (χ0) is 15.4. The maximum Gasteiger partial charge on any atom is 0.310 e. The van der Waals surface area contributed by atoms with Gasteiger partial charge < -0.3 is 14.7 Å². The number of carbonyl (C=O) groups excluding carboxylic acids is 2. The fourth-order valence-corrected chi connectivity index (χ4v) is 3.16. The summed E-state index contributed by atoms with van der Waals surface area (Å²) in [5.41, 5.74) is 0.569. The fourth-order valence-electron chi connectivity index (χ4n) is 2.41. The lowest BCUT2D eigenvalue weighted by Gasteiger charge is -2.14. The lowest BCUT2D eigenvalue weighted by molar-refractivity contribution is -0.146. The second-order valence-corrected chi connectivity index (χ2v) is 5.89. The molecule has 0 radical (unpaired) electrons. The van der Waals surface area contributed by atoms with Gasteiger partial charge in [-0.25, -0.2) is 0 Å². The number of likely N-dealkylation sites (tertiary alicyclic amines) is 1. The molecule has 2 rings (SSSR count). The van der Waals surface area contributed by atoms with E-state index >= 15 is 0 Å². The summed E-state index contributed by atoms with van der Waals surface area (Å²) >= 11 is 1.37. The number of aliphatic hydroxyl groups excluding tert-OH is 1. The van der Waals surface area contributed by atoms with E-state index in [0.29, 0.717) is 18.7 Å². The SMILES string of the molecule is COC(=O)C1CN(C(=O)c2csc(C#CCO)c2)CC1C. The van der Waals surface area contributed by atoms with Crippen molar-refractivity contribution in [3.63, 3.8) is 0 Å². The summed E-state index contributed by atoms with van der Waals surface area (Å²) in [5, 5.41) is 10.4. The summed E-state index contributed by atoms with van der Waals surface area (Å²) in [4.78, 5) is 26.5. The molecule has 0 aromatic carbocycles. The van der Waals surface area contributed by atoms with Gasteiger partial charge in [0.25, 0.3) is 5.91 Å². The van der Waals surface area contributed by atoms with Gasteiger partial charge in [0.15, 0.2) is 0 Å². The Morgan fingerprint density at radius 3 is 2.95 bits per heavy atom. The zero-order valence-electron chi connectivity index (χ0n) is 12.0. The van der Waals surface area contributed by atoms with Crippen LogP contribution in [0.25, 0.3) is 0 Å². The minimum absolute atomic E-state index is 0.0914. The Balaban J connectivity index is 2.07. The van der Waals surface area contributed by atoms with Crippen molar-refractivity contribution in [3.05, 3.63) is 21.9 Å². The third-order valence-corrected chi connectivity index (χ3v) is 4.39. The Hall–Kier alpha value is -1.84. The van der Waals surface area contributed by atoms with Gasteiger partial charge in [-0.15, -0.1) is 11.3 Å². The van der Waals surface area contributed by atoms with Crippen LogP contribution in [0.2, 0.25) is 0 Å². The molecule has 6 heteroatoms. The van der Waals surface area contributed by atoms with E-state index < -0.39 is 0 Å². The molecule has 1 aromatic heterocycles. The topological polar surface area (TPSA) is 66.8 Å². The van der Waals surface area contributed by atoms with E-state index in [1.807, 2.05) is 6.92 Å². The normalized spacial score (nSPS) is 20.8. The first-order chi connectivity index (χ1) is 10.1. The van der Waals surface area contributed by atoms with Gasteiger partial charge in [-0.3, -0.25) is 9.59 Å². The number of hydrogen-bond acceptors (Lipinski definition) is 5. The number of esters is 1. The molecule has 112 valence electrons. The van der Waals surface area contributed by atoms with Crippen molar-refractivity contribution in [1.29, 1.82) is 0 Å². The van der Waals surface area contributed by atoms with Gasteiger partial charge in [-0.1, -0.05) is 18.8 Å². The van der Waals surface area contributed by atoms with Gasteiger partial charge in [-0.2, -0.15) is 0 Å². The fraction of sp³-hybridized carbons (Fsp3) is 0.467. The molecule has 1 aromatic rings. The predicted octanol–water partition coefficient (Wildman–Crippen LogP) is 0.973. The van der Waals surface area contributed by atoms with E-state index in [4.69, 9.17) is 9.84 Å². The van der Waals surface area contributed by atoms with Gasteiger partial charge in [-0.05, 0) is 12.0 Å². The molecule has 0 saturated carbocycles. The molecule has 1 fully saturated rings. The first kappa shape index (κ1) is 15.5. The monoisotopic (exact) mass is 307 g/mol. The van der Waals surface area contributed by atoms with Crippen molar-refractivity contribution in [2.45, 2.75) is 6.92 Å². The third-order valence-electron chi connectivity index (χ3n) is 3.54. The van der Waals surface area contributed by atoms with Gasteiger partial charge in [0.2, 0.25) is 0 Å². The summed E-state index contributed by atoms with van der Waals surface area (Å²) in [6, 6.07) is 1.71. The maximum atomic E-state index is 12.4. The summed E-state index contributed by atoms with van der Waals surface area (Å²) in [5.74, 6) is 4.80. The first-order valence-electron chi connectivity index (χ1n) is 6.62. The van der Waals surface area contributed by atoms with Gasteiger partial charge in [0.05, 0.1) is 23.5 Å². The van der Waals surface area contributed by atoms with Crippen molar-refractivity contribution in [2.75, 3.05) is 26.8 Å². The van der Waals surface area contributed by atoms with Crippen molar-refractivity contribution in [2.24, 2.45) is 11.8 Å². The van der Waals surface area contributed by atoms with Gasteiger partial charge >= 0.3 is 5.97 Å². The average Bonchev–Trinajstić information content (AvgIpc) is 3.10. The molecule has 1 aliphatic rings. The highest BCUT2D eigenvalue weighted by molar-refractivity contribution is 7.10. The van der Waals surface area contributed by atoms with E-state index in [1.54, 1.807) is 16.3 Å².